The van der Waals surface area contributed by atoms with Crippen LogP contribution in [0, 0.1) is 41.5 Å². The molecule has 0 saturated carbocycles. The Morgan fingerprint density at radius 2 is 0.288 bits per heavy atom. The van der Waals surface area contributed by atoms with Crippen LogP contribution in [0.25, 0.3) is 0 Å². The Labute approximate surface area is 385 Å². The molecule has 0 atom stereocenters. The molecule has 0 aliphatic heterocycles. The first-order valence-electron chi connectivity index (χ1n) is 21.6. The Bertz CT molecular complexity index is 2540. The quantitative estimate of drug-likeness (QED) is 0.113. The molecule has 8 aromatic rings. The molecule has 324 valence electrons. The summed E-state index contributed by atoms with van der Waals surface area (Å²) < 4.78 is 0. The van der Waals surface area contributed by atoms with E-state index in [4.69, 9.17) is 0 Å². The van der Waals surface area contributed by atoms with E-state index in [1.165, 1.54) is 0 Å². The first kappa shape index (κ1) is 45.8. The number of rotatable bonds is 12. The molecule has 8 rings (SSSR count). The fourth-order valence-electron chi connectivity index (χ4n) is 7.27. The van der Waals surface area contributed by atoms with Crippen LogP contribution in [-0.2, 0) is 0 Å². The van der Waals surface area contributed by atoms with Crippen molar-refractivity contribution in [3.63, 3.8) is 0 Å². The molecular formula is C60H48O6. The SMILES string of the molecule is Cc1ccc(C(=O)c2cc(C(=O)c3ccc(C)cc3)cc(C(=O)c3ccc(C)cc3)c2)cc1.Cc1ccc(C(=O)c2cc(C(=O)c3ccc(C)cc3)cc(C(=O)c3ccc(C)cc3)c2)cc1. The zero-order valence-corrected chi connectivity index (χ0v) is 37.8. The molecule has 0 spiro atoms. The van der Waals surface area contributed by atoms with E-state index < -0.39 is 0 Å². The fraction of sp³-hybridized carbons (Fsp3) is 0.100. The summed E-state index contributed by atoms with van der Waals surface area (Å²) in [7, 11) is 0. The fourth-order valence-corrected chi connectivity index (χ4v) is 7.27. The predicted molar refractivity (Wildman–Crippen MR) is 261 cm³/mol. The molecule has 0 bridgehead atoms. The number of hydrogen-bond donors (Lipinski definition) is 0. The maximum Gasteiger partial charge on any atom is 0.193 e. The van der Waals surface area contributed by atoms with Gasteiger partial charge in [-0.3, -0.25) is 28.8 Å². The first-order chi connectivity index (χ1) is 31.6. The van der Waals surface area contributed by atoms with Gasteiger partial charge >= 0.3 is 0 Å². The molecule has 0 fully saturated rings. The van der Waals surface area contributed by atoms with Gasteiger partial charge in [0, 0.05) is 66.8 Å². The van der Waals surface area contributed by atoms with Gasteiger partial charge in [-0.25, -0.2) is 0 Å². The van der Waals surface area contributed by atoms with Crippen molar-refractivity contribution >= 4 is 34.7 Å². The van der Waals surface area contributed by atoms with Crippen molar-refractivity contribution in [3.05, 3.63) is 282 Å². The smallest absolute Gasteiger partial charge is 0.193 e. The zero-order chi connectivity index (χ0) is 47.1. The first-order valence-corrected chi connectivity index (χ1v) is 21.6. The molecule has 0 aliphatic rings. The van der Waals surface area contributed by atoms with Gasteiger partial charge in [0.15, 0.2) is 34.7 Å². The summed E-state index contributed by atoms with van der Waals surface area (Å²) in [5, 5.41) is 0. The number of benzene rings is 8. The van der Waals surface area contributed by atoms with Crippen molar-refractivity contribution in [1.29, 1.82) is 0 Å². The summed E-state index contributed by atoms with van der Waals surface area (Å²) >= 11 is 0. The minimum absolute atomic E-state index is 0.230. The molecule has 0 saturated heterocycles. The lowest BCUT2D eigenvalue weighted by Crippen LogP contribution is -2.10. The molecule has 0 aliphatic carbocycles. The van der Waals surface area contributed by atoms with Crippen molar-refractivity contribution in [2.24, 2.45) is 0 Å². The normalized spacial score (nSPS) is 10.6. The monoisotopic (exact) mass is 864 g/mol. The number of carbonyl (C=O) groups excluding carboxylic acids is 6. The van der Waals surface area contributed by atoms with E-state index in [0.717, 1.165) is 33.4 Å². The Morgan fingerprint density at radius 1 is 0.182 bits per heavy atom. The van der Waals surface area contributed by atoms with E-state index >= 15 is 0 Å². The largest absolute Gasteiger partial charge is 0.289 e. The molecule has 0 N–H and O–H groups in total. The molecule has 0 unspecified atom stereocenters. The highest BCUT2D eigenvalue weighted by atomic mass is 16.1. The Morgan fingerprint density at radius 3 is 0.394 bits per heavy atom. The third-order valence-corrected chi connectivity index (χ3v) is 11.3. The van der Waals surface area contributed by atoms with Crippen LogP contribution < -0.4 is 0 Å². The zero-order valence-electron chi connectivity index (χ0n) is 37.8. The summed E-state index contributed by atoms with van der Waals surface area (Å²) in [5.74, 6) is -1.38. The van der Waals surface area contributed by atoms with Crippen molar-refractivity contribution in [2.45, 2.75) is 41.5 Å². The summed E-state index contributed by atoms with van der Waals surface area (Å²) in [4.78, 5) is 79.5. The molecule has 0 amide bonds. The van der Waals surface area contributed by atoms with Crippen LogP contribution in [0.4, 0.5) is 0 Å². The van der Waals surface area contributed by atoms with Crippen LogP contribution in [0.1, 0.15) is 129 Å². The van der Waals surface area contributed by atoms with Gasteiger partial charge < -0.3 is 0 Å². The second-order valence-corrected chi connectivity index (χ2v) is 16.8. The third-order valence-electron chi connectivity index (χ3n) is 11.3. The lowest BCUT2D eigenvalue weighted by molar-refractivity contribution is 0.101. The van der Waals surface area contributed by atoms with Crippen molar-refractivity contribution in [2.75, 3.05) is 0 Å². The van der Waals surface area contributed by atoms with E-state index in [9.17, 15) is 28.8 Å². The van der Waals surface area contributed by atoms with Crippen LogP contribution in [-0.4, -0.2) is 34.7 Å². The van der Waals surface area contributed by atoms with Gasteiger partial charge in [-0.1, -0.05) is 179 Å². The van der Waals surface area contributed by atoms with Gasteiger partial charge in [-0.2, -0.15) is 0 Å². The Balaban J connectivity index is 0.000000196. The highest BCUT2D eigenvalue weighted by molar-refractivity contribution is 6.18. The van der Waals surface area contributed by atoms with E-state index in [1.807, 2.05) is 114 Å². The standard InChI is InChI=1S/2C30H24O3/c2*1-19-4-10-22(11-5-19)28(31)25-16-26(29(32)23-12-6-20(2)7-13-23)18-27(17-25)30(33)24-14-8-21(3)9-15-24/h2*4-18H,1-3H3. The van der Waals surface area contributed by atoms with Gasteiger partial charge in [0.2, 0.25) is 0 Å². The van der Waals surface area contributed by atoms with Gasteiger partial charge in [-0.15, -0.1) is 0 Å². The van der Waals surface area contributed by atoms with E-state index in [-0.39, 0.29) is 34.7 Å². The second-order valence-electron chi connectivity index (χ2n) is 16.8. The van der Waals surface area contributed by atoms with Crippen LogP contribution in [0.3, 0.4) is 0 Å². The van der Waals surface area contributed by atoms with E-state index in [2.05, 4.69) is 0 Å². The van der Waals surface area contributed by atoms with Gasteiger partial charge in [0.1, 0.15) is 0 Å². The van der Waals surface area contributed by atoms with Crippen LogP contribution in [0.15, 0.2) is 182 Å². The van der Waals surface area contributed by atoms with Crippen molar-refractivity contribution in [1.82, 2.24) is 0 Å². The van der Waals surface area contributed by atoms with E-state index in [1.54, 1.807) is 109 Å². The number of hydrogen-bond acceptors (Lipinski definition) is 6. The average molecular weight is 865 g/mol. The topological polar surface area (TPSA) is 102 Å². The molecule has 8 aromatic carbocycles. The maximum atomic E-state index is 13.2. The number of carbonyl (C=O) groups is 6. The van der Waals surface area contributed by atoms with E-state index in [0.29, 0.717) is 66.8 Å². The van der Waals surface area contributed by atoms with Gasteiger partial charge in [0.05, 0.1) is 0 Å². The lowest BCUT2D eigenvalue weighted by atomic mass is 9.92. The minimum atomic E-state index is -0.230. The Hall–Kier alpha value is -8.22. The van der Waals surface area contributed by atoms with Crippen molar-refractivity contribution < 1.29 is 28.8 Å². The molecular weight excluding hydrogens is 817 g/mol. The molecule has 6 nitrogen and oxygen atoms in total. The molecule has 66 heavy (non-hydrogen) atoms. The highest BCUT2D eigenvalue weighted by Gasteiger charge is 2.21. The minimum Gasteiger partial charge on any atom is -0.289 e. The second kappa shape index (κ2) is 20.1. The lowest BCUT2D eigenvalue weighted by Gasteiger charge is -2.10. The predicted octanol–water partition coefficient (Wildman–Crippen LogP) is 12.6. The summed E-state index contributed by atoms with van der Waals surface area (Å²) in [6, 6.07) is 53.0. The highest BCUT2D eigenvalue weighted by Crippen LogP contribution is 2.24. The van der Waals surface area contributed by atoms with Gasteiger partial charge in [0.25, 0.3) is 0 Å². The molecule has 0 aromatic heterocycles. The third kappa shape index (κ3) is 10.9. The average Bonchev–Trinajstić information content (AvgIpc) is 3.34. The number of ketones is 6. The number of aryl methyl sites for hydroxylation is 6. The summed E-state index contributed by atoms with van der Waals surface area (Å²) in [6.45, 7) is 11.7. The summed E-state index contributed by atoms with van der Waals surface area (Å²) in [5.41, 5.74) is 11.2. The molecule has 0 heterocycles. The summed E-state index contributed by atoms with van der Waals surface area (Å²) in [6.07, 6.45) is 0. The Kier molecular flexibility index (Phi) is 13.9. The van der Waals surface area contributed by atoms with Gasteiger partial charge in [-0.05, 0) is 77.9 Å². The van der Waals surface area contributed by atoms with Crippen LogP contribution in [0.2, 0.25) is 0 Å². The van der Waals surface area contributed by atoms with Crippen LogP contribution >= 0.6 is 0 Å². The molecule has 0 radical (unpaired) electrons. The molecule has 6 heteroatoms. The van der Waals surface area contributed by atoms with Crippen LogP contribution in [0.5, 0.6) is 0 Å². The maximum absolute atomic E-state index is 13.2. The van der Waals surface area contributed by atoms with Crippen molar-refractivity contribution in [3.8, 4) is 0 Å².